The summed E-state index contributed by atoms with van der Waals surface area (Å²) in [6, 6.07) is 8.51. The number of hydrogen-bond acceptors (Lipinski definition) is 7. The maximum Gasteiger partial charge on any atom is 0.159 e. The Bertz CT molecular complexity index is 1270. The summed E-state index contributed by atoms with van der Waals surface area (Å²) in [5.74, 6) is 2.19. The smallest absolute Gasteiger partial charge is 0.159 e. The minimum Gasteiger partial charge on any atom is -0.496 e. The standard InChI is InChI=1S/C27H29FN4O3/c1-17-8-21(5-6-24(17)28)31-27-23-10-18(26(34-2)11-25(23)29-16-30-27)9-22(33)4-3-7-32-12-19-14-35-15-20(19)13-32/h3-6,8,10-11,16,19-20H,7,9,12-15H2,1-2H3,(H,29,30,31)/b4-3+. The molecule has 5 rings (SSSR count). The van der Waals surface area contributed by atoms with Crippen molar-refractivity contribution in [2.75, 3.05) is 45.3 Å². The molecule has 3 aromatic rings. The first-order valence-corrected chi connectivity index (χ1v) is 11.8. The van der Waals surface area contributed by atoms with Gasteiger partial charge in [0.25, 0.3) is 0 Å². The highest BCUT2D eigenvalue weighted by atomic mass is 19.1. The number of rotatable bonds is 8. The number of allylic oxidation sites excluding steroid dienone is 1. The topological polar surface area (TPSA) is 76.6 Å². The number of anilines is 2. The maximum absolute atomic E-state index is 13.7. The number of likely N-dealkylation sites (tertiary alicyclic amines) is 1. The molecule has 0 saturated carbocycles. The zero-order valence-electron chi connectivity index (χ0n) is 20.0. The van der Waals surface area contributed by atoms with Gasteiger partial charge in [0.05, 0.1) is 25.8 Å². The van der Waals surface area contributed by atoms with Crippen molar-refractivity contribution in [3.05, 3.63) is 65.8 Å². The van der Waals surface area contributed by atoms with Gasteiger partial charge in [0.15, 0.2) is 5.78 Å². The Kier molecular flexibility index (Phi) is 6.74. The SMILES string of the molecule is COc1cc2ncnc(Nc3ccc(F)c(C)c3)c2cc1CC(=O)/C=C/CN1CC2COCC2C1. The van der Waals surface area contributed by atoms with Crippen LogP contribution in [0.25, 0.3) is 10.9 Å². The van der Waals surface area contributed by atoms with Crippen molar-refractivity contribution >= 4 is 28.2 Å². The van der Waals surface area contributed by atoms with E-state index in [-0.39, 0.29) is 18.0 Å². The van der Waals surface area contributed by atoms with Crippen molar-refractivity contribution in [3.8, 4) is 5.75 Å². The first-order valence-electron chi connectivity index (χ1n) is 11.8. The van der Waals surface area contributed by atoms with Gasteiger partial charge in [-0.05, 0) is 42.8 Å². The van der Waals surface area contributed by atoms with Crippen molar-refractivity contribution in [3.63, 3.8) is 0 Å². The molecule has 1 N–H and O–H groups in total. The third kappa shape index (κ3) is 5.18. The summed E-state index contributed by atoms with van der Waals surface area (Å²) in [6.07, 6.45) is 5.28. The Morgan fingerprint density at radius 3 is 2.77 bits per heavy atom. The number of aromatic nitrogens is 2. The number of carbonyl (C=O) groups excluding carboxylic acids is 1. The van der Waals surface area contributed by atoms with Gasteiger partial charge >= 0.3 is 0 Å². The van der Waals surface area contributed by atoms with Crippen LogP contribution in [0.4, 0.5) is 15.9 Å². The number of halogens is 1. The van der Waals surface area contributed by atoms with Gasteiger partial charge in [-0.1, -0.05) is 6.08 Å². The number of carbonyl (C=O) groups is 1. The van der Waals surface area contributed by atoms with Crippen LogP contribution in [-0.2, 0) is 16.0 Å². The molecule has 3 heterocycles. The highest BCUT2D eigenvalue weighted by Crippen LogP contribution is 2.31. The van der Waals surface area contributed by atoms with E-state index in [0.29, 0.717) is 34.5 Å². The number of benzene rings is 2. The van der Waals surface area contributed by atoms with E-state index in [0.717, 1.165) is 49.5 Å². The maximum atomic E-state index is 13.7. The molecule has 0 spiro atoms. The predicted octanol–water partition coefficient (Wildman–Crippen LogP) is 4.08. The quantitative estimate of drug-likeness (QED) is 0.491. The normalized spacial score (nSPS) is 20.0. The van der Waals surface area contributed by atoms with E-state index in [9.17, 15) is 9.18 Å². The van der Waals surface area contributed by atoms with Crippen LogP contribution in [0.15, 0.2) is 48.8 Å². The highest BCUT2D eigenvalue weighted by Gasteiger charge is 2.36. The fraction of sp³-hybridized carbons (Fsp3) is 0.370. The third-order valence-electron chi connectivity index (χ3n) is 6.81. The van der Waals surface area contributed by atoms with E-state index in [1.165, 1.54) is 12.4 Å². The second-order valence-electron chi connectivity index (χ2n) is 9.31. The van der Waals surface area contributed by atoms with Gasteiger partial charge in [-0.2, -0.15) is 0 Å². The molecule has 2 aliphatic rings. The van der Waals surface area contributed by atoms with Crippen LogP contribution in [-0.4, -0.2) is 60.6 Å². The number of nitrogens with one attached hydrogen (secondary N) is 1. The minimum atomic E-state index is -0.261. The first kappa shape index (κ1) is 23.4. The van der Waals surface area contributed by atoms with Crippen LogP contribution in [0.2, 0.25) is 0 Å². The van der Waals surface area contributed by atoms with E-state index in [4.69, 9.17) is 9.47 Å². The van der Waals surface area contributed by atoms with Crippen LogP contribution in [0, 0.1) is 24.6 Å². The van der Waals surface area contributed by atoms with Crippen molar-refractivity contribution in [2.24, 2.45) is 11.8 Å². The molecule has 7 nitrogen and oxygen atoms in total. The zero-order chi connectivity index (χ0) is 24.4. The van der Waals surface area contributed by atoms with Gasteiger partial charge in [0.1, 0.15) is 23.7 Å². The number of aryl methyl sites for hydroxylation is 1. The minimum absolute atomic E-state index is 0.00546. The molecule has 0 amide bonds. The molecule has 2 aliphatic heterocycles. The van der Waals surface area contributed by atoms with E-state index >= 15 is 0 Å². The van der Waals surface area contributed by atoms with Crippen LogP contribution >= 0.6 is 0 Å². The lowest BCUT2D eigenvalue weighted by Gasteiger charge is -2.14. The van der Waals surface area contributed by atoms with Crippen LogP contribution < -0.4 is 10.1 Å². The van der Waals surface area contributed by atoms with Crippen molar-refractivity contribution in [1.82, 2.24) is 14.9 Å². The van der Waals surface area contributed by atoms with Gasteiger partial charge < -0.3 is 14.8 Å². The molecule has 2 unspecified atom stereocenters. The number of ether oxygens (including phenoxy) is 2. The van der Waals surface area contributed by atoms with Gasteiger partial charge in [-0.15, -0.1) is 0 Å². The molecule has 2 fully saturated rings. The largest absolute Gasteiger partial charge is 0.496 e. The summed E-state index contributed by atoms with van der Waals surface area (Å²) < 4.78 is 24.7. The van der Waals surface area contributed by atoms with Crippen LogP contribution in [0.1, 0.15) is 11.1 Å². The van der Waals surface area contributed by atoms with Gasteiger partial charge in [-0.3, -0.25) is 9.69 Å². The Morgan fingerprint density at radius 1 is 1.23 bits per heavy atom. The lowest BCUT2D eigenvalue weighted by molar-refractivity contribution is -0.114. The average molecular weight is 477 g/mol. The first-order chi connectivity index (χ1) is 17.0. The van der Waals surface area contributed by atoms with Crippen molar-refractivity contribution in [2.45, 2.75) is 13.3 Å². The molecule has 1 aromatic heterocycles. The average Bonchev–Trinajstić information content (AvgIpc) is 3.43. The summed E-state index contributed by atoms with van der Waals surface area (Å²) in [7, 11) is 1.58. The van der Waals surface area contributed by atoms with Crippen molar-refractivity contribution < 1.29 is 18.7 Å². The summed E-state index contributed by atoms with van der Waals surface area (Å²) >= 11 is 0. The molecule has 182 valence electrons. The fourth-order valence-electron chi connectivity index (χ4n) is 4.93. The monoisotopic (exact) mass is 476 g/mol. The van der Waals surface area contributed by atoms with Gasteiger partial charge in [-0.25, -0.2) is 14.4 Å². The highest BCUT2D eigenvalue weighted by molar-refractivity contribution is 5.96. The summed E-state index contributed by atoms with van der Waals surface area (Å²) in [6.45, 7) is 6.26. The van der Waals surface area contributed by atoms with E-state index in [1.807, 2.05) is 18.2 Å². The second-order valence-corrected chi connectivity index (χ2v) is 9.31. The zero-order valence-corrected chi connectivity index (χ0v) is 20.0. The number of hydrogen-bond donors (Lipinski definition) is 1. The Labute approximate surface area is 204 Å². The van der Waals surface area contributed by atoms with Crippen LogP contribution in [0.3, 0.4) is 0 Å². The summed E-state index contributed by atoms with van der Waals surface area (Å²) in [5, 5.41) is 4.00. The molecule has 2 atom stereocenters. The fourth-order valence-corrected chi connectivity index (χ4v) is 4.93. The molecule has 0 aliphatic carbocycles. The number of ketones is 1. The molecule has 0 radical (unpaired) electrons. The number of methoxy groups -OCH3 is 1. The number of fused-ring (bicyclic) bond motifs is 2. The Balaban J connectivity index is 1.31. The van der Waals surface area contributed by atoms with Crippen LogP contribution in [0.5, 0.6) is 5.75 Å². The molecule has 2 aromatic carbocycles. The number of nitrogens with zero attached hydrogens (tertiary/aromatic N) is 3. The molecular formula is C27H29FN4O3. The van der Waals surface area contributed by atoms with E-state index < -0.39 is 0 Å². The molecular weight excluding hydrogens is 447 g/mol. The lowest BCUT2D eigenvalue weighted by Crippen LogP contribution is -2.23. The van der Waals surface area contributed by atoms with E-state index in [1.54, 1.807) is 32.2 Å². The summed E-state index contributed by atoms with van der Waals surface area (Å²) in [4.78, 5) is 23.9. The summed E-state index contributed by atoms with van der Waals surface area (Å²) in [5.41, 5.74) is 2.71. The lowest BCUT2D eigenvalue weighted by atomic mass is 10.0. The van der Waals surface area contributed by atoms with Gasteiger partial charge in [0, 0.05) is 60.6 Å². The second kappa shape index (κ2) is 10.1. The third-order valence-corrected chi connectivity index (χ3v) is 6.81. The van der Waals surface area contributed by atoms with Gasteiger partial charge in [0.2, 0.25) is 0 Å². The Hall–Kier alpha value is -3.36. The van der Waals surface area contributed by atoms with E-state index in [2.05, 4.69) is 20.2 Å². The predicted molar refractivity (Wildman–Crippen MR) is 133 cm³/mol. The Morgan fingerprint density at radius 2 is 2.03 bits per heavy atom. The molecule has 8 heteroatoms. The van der Waals surface area contributed by atoms with Crippen molar-refractivity contribution in [1.29, 1.82) is 0 Å². The molecule has 35 heavy (non-hydrogen) atoms. The molecule has 0 bridgehead atoms. The molecule has 2 saturated heterocycles.